The highest BCUT2D eigenvalue weighted by Gasteiger charge is 2.00. The Kier molecular flexibility index (Phi) is 12.4. The zero-order valence-corrected chi connectivity index (χ0v) is 11.2. The summed E-state index contributed by atoms with van der Waals surface area (Å²) in [7, 11) is 1.89. The molecule has 2 heteroatoms. The van der Waals surface area contributed by atoms with Gasteiger partial charge in [0.2, 0.25) is 0 Å². The molecule has 2 nitrogen and oxygen atoms in total. The fraction of sp³-hybridized carbons (Fsp3) is 0.929. The van der Waals surface area contributed by atoms with Crippen LogP contribution >= 0.6 is 0 Å². The molecule has 0 bridgehead atoms. The maximum absolute atomic E-state index is 11.3. The lowest BCUT2D eigenvalue weighted by molar-refractivity contribution is -0.119. The monoisotopic (exact) mass is 227 g/mol. The number of nitrogens with one attached hydrogen (secondary N) is 1. The standard InChI is InChI=1S/C14H29NO/c1-3-4-5-6-7-8-9-10-11-14(16)12-13-15-2/h15H,3-13H2,1-2H3. The summed E-state index contributed by atoms with van der Waals surface area (Å²) in [6, 6.07) is 0. The van der Waals surface area contributed by atoms with Crippen LogP contribution in [-0.4, -0.2) is 19.4 Å². The first-order valence-corrected chi connectivity index (χ1v) is 6.97. The molecule has 0 heterocycles. The van der Waals surface area contributed by atoms with E-state index < -0.39 is 0 Å². The second kappa shape index (κ2) is 12.7. The van der Waals surface area contributed by atoms with E-state index in [1.54, 1.807) is 0 Å². The van der Waals surface area contributed by atoms with Crippen LogP contribution in [0.3, 0.4) is 0 Å². The van der Waals surface area contributed by atoms with Crippen molar-refractivity contribution in [2.45, 2.75) is 71.1 Å². The third-order valence-corrected chi connectivity index (χ3v) is 2.96. The maximum Gasteiger partial charge on any atom is 0.134 e. The van der Waals surface area contributed by atoms with E-state index in [0.717, 1.165) is 19.4 Å². The summed E-state index contributed by atoms with van der Waals surface area (Å²) in [5.41, 5.74) is 0. The van der Waals surface area contributed by atoms with E-state index in [4.69, 9.17) is 0 Å². The van der Waals surface area contributed by atoms with Gasteiger partial charge in [0.1, 0.15) is 5.78 Å². The number of carbonyl (C=O) groups excluding carboxylic acids is 1. The Balaban J connectivity index is 3.05. The summed E-state index contributed by atoms with van der Waals surface area (Å²) in [5, 5.41) is 3.01. The van der Waals surface area contributed by atoms with Gasteiger partial charge in [-0.3, -0.25) is 4.79 Å². The zero-order valence-electron chi connectivity index (χ0n) is 11.2. The lowest BCUT2D eigenvalue weighted by Gasteiger charge is -2.02. The molecule has 0 aromatic carbocycles. The van der Waals surface area contributed by atoms with E-state index in [1.807, 2.05) is 7.05 Å². The number of carbonyl (C=O) groups is 1. The Morgan fingerprint density at radius 2 is 1.44 bits per heavy atom. The summed E-state index contributed by atoms with van der Waals surface area (Å²) in [4.78, 5) is 11.3. The fourth-order valence-corrected chi connectivity index (χ4v) is 1.85. The zero-order chi connectivity index (χ0) is 12.1. The second-order valence-corrected chi connectivity index (χ2v) is 4.62. The van der Waals surface area contributed by atoms with Crippen molar-refractivity contribution >= 4 is 5.78 Å². The predicted octanol–water partition coefficient (Wildman–Crippen LogP) is 3.70. The lowest BCUT2D eigenvalue weighted by atomic mass is 10.1. The molecular weight excluding hydrogens is 198 g/mol. The van der Waals surface area contributed by atoms with Gasteiger partial charge in [-0.25, -0.2) is 0 Å². The van der Waals surface area contributed by atoms with Crippen LogP contribution in [0.15, 0.2) is 0 Å². The minimum Gasteiger partial charge on any atom is -0.319 e. The van der Waals surface area contributed by atoms with Crippen LogP contribution in [0.1, 0.15) is 71.1 Å². The van der Waals surface area contributed by atoms with Gasteiger partial charge in [0.05, 0.1) is 0 Å². The minimum atomic E-state index is 0.417. The predicted molar refractivity (Wildman–Crippen MR) is 70.8 cm³/mol. The lowest BCUT2D eigenvalue weighted by Crippen LogP contribution is -2.12. The minimum absolute atomic E-state index is 0.417. The van der Waals surface area contributed by atoms with Gasteiger partial charge in [-0.05, 0) is 13.5 Å². The highest BCUT2D eigenvalue weighted by atomic mass is 16.1. The van der Waals surface area contributed by atoms with Gasteiger partial charge >= 0.3 is 0 Å². The van der Waals surface area contributed by atoms with Crippen molar-refractivity contribution in [2.75, 3.05) is 13.6 Å². The van der Waals surface area contributed by atoms with Crippen LogP contribution < -0.4 is 5.32 Å². The summed E-state index contributed by atoms with van der Waals surface area (Å²) in [5.74, 6) is 0.417. The van der Waals surface area contributed by atoms with E-state index in [2.05, 4.69) is 12.2 Å². The summed E-state index contributed by atoms with van der Waals surface area (Å²) in [6.07, 6.45) is 11.9. The second-order valence-electron chi connectivity index (χ2n) is 4.62. The molecule has 0 rings (SSSR count). The average Bonchev–Trinajstić information content (AvgIpc) is 2.30. The van der Waals surface area contributed by atoms with Crippen LogP contribution in [0, 0.1) is 0 Å². The quantitative estimate of drug-likeness (QED) is 0.515. The van der Waals surface area contributed by atoms with Gasteiger partial charge < -0.3 is 5.32 Å². The third kappa shape index (κ3) is 11.7. The molecule has 0 fully saturated rings. The summed E-state index contributed by atoms with van der Waals surface area (Å²) >= 11 is 0. The SMILES string of the molecule is CCCCCCCCCCC(=O)CCNC. The Labute approximate surface area is 101 Å². The van der Waals surface area contributed by atoms with Crippen molar-refractivity contribution in [2.24, 2.45) is 0 Å². The Morgan fingerprint density at radius 3 is 2.00 bits per heavy atom. The Morgan fingerprint density at radius 1 is 0.875 bits per heavy atom. The molecule has 0 radical (unpaired) electrons. The molecule has 0 atom stereocenters. The van der Waals surface area contributed by atoms with Gasteiger partial charge in [0.25, 0.3) is 0 Å². The van der Waals surface area contributed by atoms with Gasteiger partial charge in [0.15, 0.2) is 0 Å². The average molecular weight is 227 g/mol. The van der Waals surface area contributed by atoms with Crippen molar-refractivity contribution in [3.63, 3.8) is 0 Å². The molecule has 0 unspecified atom stereocenters. The molecule has 0 saturated heterocycles. The molecule has 0 aromatic rings. The summed E-state index contributed by atoms with van der Waals surface area (Å²) < 4.78 is 0. The fourth-order valence-electron chi connectivity index (χ4n) is 1.85. The number of rotatable bonds is 12. The van der Waals surface area contributed by atoms with E-state index in [9.17, 15) is 4.79 Å². The van der Waals surface area contributed by atoms with Gasteiger partial charge in [-0.15, -0.1) is 0 Å². The van der Waals surface area contributed by atoms with E-state index in [0.29, 0.717) is 12.2 Å². The largest absolute Gasteiger partial charge is 0.319 e. The normalized spacial score (nSPS) is 10.6. The molecule has 0 saturated carbocycles. The highest BCUT2D eigenvalue weighted by molar-refractivity contribution is 5.78. The topological polar surface area (TPSA) is 29.1 Å². The number of hydrogen-bond acceptors (Lipinski definition) is 2. The maximum atomic E-state index is 11.3. The highest BCUT2D eigenvalue weighted by Crippen LogP contribution is 2.09. The van der Waals surface area contributed by atoms with Crippen LogP contribution in [-0.2, 0) is 4.79 Å². The van der Waals surface area contributed by atoms with Crippen LogP contribution in [0.25, 0.3) is 0 Å². The number of hydrogen-bond donors (Lipinski definition) is 1. The Hall–Kier alpha value is -0.370. The molecule has 0 aliphatic heterocycles. The molecule has 96 valence electrons. The first kappa shape index (κ1) is 15.6. The van der Waals surface area contributed by atoms with Gasteiger partial charge in [-0.2, -0.15) is 0 Å². The van der Waals surface area contributed by atoms with Crippen molar-refractivity contribution < 1.29 is 4.79 Å². The molecule has 0 spiro atoms. The molecular formula is C14H29NO. The van der Waals surface area contributed by atoms with Crippen molar-refractivity contribution in [1.82, 2.24) is 5.32 Å². The molecule has 1 N–H and O–H groups in total. The van der Waals surface area contributed by atoms with Gasteiger partial charge in [-0.1, -0.05) is 51.9 Å². The number of Topliss-reactive ketones (excluding diaryl/α,β-unsaturated/α-hetero) is 1. The smallest absolute Gasteiger partial charge is 0.134 e. The molecule has 0 aliphatic rings. The molecule has 0 aliphatic carbocycles. The van der Waals surface area contributed by atoms with Crippen LogP contribution in [0.2, 0.25) is 0 Å². The molecule has 0 amide bonds. The summed E-state index contributed by atoms with van der Waals surface area (Å²) in [6.45, 7) is 3.08. The molecule has 16 heavy (non-hydrogen) atoms. The van der Waals surface area contributed by atoms with E-state index in [1.165, 1.54) is 44.9 Å². The molecule has 0 aromatic heterocycles. The van der Waals surface area contributed by atoms with E-state index in [-0.39, 0.29) is 0 Å². The number of ketones is 1. The Bertz CT molecular complexity index is 157. The first-order chi connectivity index (χ1) is 7.81. The van der Waals surface area contributed by atoms with Crippen molar-refractivity contribution in [1.29, 1.82) is 0 Å². The van der Waals surface area contributed by atoms with Crippen molar-refractivity contribution in [3.8, 4) is 0 Å². The van der Waals surface area contributed by atoms with Crippen molar-refractivity contribution in [3.05, 3.63) is 0 Å². The van der Waals surface area contributed by atoms with Crippen LogP contribution in [0.5, 0.6) is 0 Å². The van der Waals surface area contributed by atoms with Crippen LogP contribution in [0.4, 0.5) is 0 Å². The van der Waals surface area contributed by atoms with E-state index >= 15 is 0 Å². The van der Waals surface area contributed by atoms with Gasteiger partial charge in [0, 0.05) is 19.4 Å². The third-order valence-electron chi connectivity index (χ3n) is 2.96. The number of unbranched alkanes of at least 4 members (excludes halogenated alkanes) is 7. The first-order valence-electron chi connectivity index (χ1n) is 6.97.